The minimum atomic E-state index is -0.407. The highest BCUT2D eigenvalue weighted by Gasteiger charge is 2.10. The number of hydrogen-bond donors (Lipinski definition) is 1. The van der Waals surface area contributed by atoms with Crippen molar-refractivity contribution in [3.63, 3.8) is 0 Å². The Morgan fingerprint density at radius 2 is 1.94 bits per heavy atom. The number of nitrogens with one attached hydrogen (secondary N) is 1. The standard InChI is InChI=1S/C14H16FNO2/c1-10(14(17)18-3)13(8-9-16-2)11-4-6-12(15)7-5-11/h4-9,16H,1-3H3/b9-8-,13-10-. The van der Waals surface area contributed by atoms with Crippen LogP contribution in [0.3, 0.4) is 0 Å². The van der Waals surface area contributed by atoms with Crippen LogP contribution in [0.5, 0.6) is 0 Å². The van der Waals surface area contributed by atoms with Gasteiger partial charge in [-0.25, -0.2) is 9.18 Å². The summed E-state index contributed by atoms with van der Waals surface area (Å²) >= 11 is 0. The molecule has 1 N–H and O–H groups in total. The van der Waals surface area contributed by atoms with Crippen molar-refractivity contribution in [3.05, 3.63) is 53.5 Å². The van der Waals surface area contributed by atoms with Crippen molar-refractivity contribution in [2.75, 3.05) is 14.2 Å². The fourth-order valence-electron chi connectivity index (χ4n) is 1.50. The molecular formula is C14H16FNO2. The van der Waals surface area contributed by atoms with Gasteiger partial charge in [-0.3, -0.25) is 0 Å². The van der Waals surface area contributed by atoms with Crippen LogP contribution in [-0.4, -0.2) is 20.1 Å². The summed E-state index contributed by atoms with van der Waals surface area (Å²) in [7, 11) is 3.09. The van der Waals surface area contributed by atoms with Gasteiger partial charge in [-0.1, -0.05) is 12.1 Å². The van der Waals surface area contributed by atoms with Crippen LogP contribution < -0.4 is 5.32 Å². The second-order valence-corrected chi connectivity index (χ2v) is 3.66. The monoisotopic (exact) mass is 249 g/mol. The summed E-state index contributed by atoms with van der Waals surface area (Å²) in [6.45, 7) is 1.67. The molecule has 1 aromatic rings. The number of halogens is 1. The average Bonchev–Trinajstić information content (AvgIpc) is 2.39. The lowest BCUT2D eigenvalue weighted by atomic mass is 10.0. The zero-order valence-electron chi connectivity index (χ0n) is 10.7. The van der Waals surface area contributed by atoms with Crippen LogP contribution in [0.25, 0.3) is 5.57 Å². The topological polar surface area (TPSA) is 38.3 Å². The number of hydrogen-bond acceptors (Lipinski definition) is 3. The van der Waals surface area contributed by atoms with Crippen molar-refractivity contribution >= 4 is 11.5 Å². The van der Waals surface area contributed by atoms with Gasteiger partial charge in [0.15, 0.2) is 0 Å². The van der Waals surface area contributed by atoms with Gasteiger partial charge in [0.1, 0.15) is 5.82 Å². The molecule has 0 amide bonds. The second kappa shape index (κ2) is 6.59. The molecule has 0 fully saturated rings. The second-order valence-electron chi connectivity index (χ2n) is 3.66. The number of allylic oxidation sites excluding steroid dienone is 2. The number of esters is 1. The first-order valence-corrected chi connectivity index (χ1v) is 5.49. The molecule has 1 aromatic carbocycles. The fraction of sp³-hybridized carbons (Fsp3) is 0.214. The third-order valence-corrected chi connectivity index (χ3v) is 2.47. The van der Waals surface area contributed by atoms with Gasteiger partial charge in [-0.05, 0) is 42.5 Å². The van der Waals surface area contributed by atoms with Gasteiger partial charge in [0.25, 0.3) is 0 Å². The molecule has 0 spiro atoms. The molecule has 4 heteroatoms. The van der Waals surface area contributed by atoms with E-state index in [9.17, 15) is 9.18 Å². The molecule has 0 aliphatic carbocycles. The Morgan fingerprint density at radius 3 is 2.44 bits per heavy atom. The zero-order chi connectivity index (χ0) is 13.5. The first kappa shape index (κ1) is 14.0. The molecule has 0 atom stereocenters. The average molecular weight is 249 g/mol. The first-order chi connectivity index (χ1) is 8.60. The van der Waals surface area contributed by atoms with E-state index < -0.39 is 5.97 Å². The molecule has 0 aromatic heterocycles. The van der Waals surface area contributed by atoms with Crippen molar-refractivity contribution in [2.45, 2.75) is 6.92 Å². The largest absolute Gasteiger partial charge is 0.466 e. The highest BCUT2D eigenvalue weighted by molar-refractivity contribution is 5.99. The van der Waals surface area contributed by atoms with Gasteiger partial charge in [0, 0.05) is 12.6 Å². The summed E-state index contributed by atoms with van der Waals surface area (Å²) < 4.78 is 17.6. The van der Waals surface area contributed by atoms with E-state index in [4.69, 9.17) is 4.74 Å². The molecule has 0 saturated heterocycles. The number of benzene rings is 1. The first-order valence-electron chi connectivity index (χ1n) is 5.49. The Morgan fingerprint density at radius 1 is 1.33 bits per heavy atom. The van der Waals surface area contributed by atoms with E-state index in [0.717, 1.165) is 5.56 Å². The smallest absolute Gasteiger partial charge is 0.334 e. The summed E-state index contributed by atoms with van der Waals surface area (Å²) in [5.41, 5.74) is 1.91. The van der Waals surface area contributed by atoms with E-state index in [0.29, 0.717) is 11.1 Å². The van der Waals surface area contributed by atoms with Gasteiger partial charge in [0.2, 0.25) is 0 Å². The van der Waals surface area contributed by atoms with Crippen molar-refractivity contribution in [3.8, 4) is 0 Å². The number of rotatable bonds is 4. The molecule has 0 saturated carbocycles. The summed E-state index contributed by atoms with van der Waals surface area (Å²) in [5.74, 6) is -0.721. The number of methoxy groups -OCH3 is 1. The van der Waals surface area contributed by atoms with Crippen LogP contribution >= 0.6 is 0 Å². The Hall–Kier alpha value is -2.10. The predicted molar refractivity (Wildman–Crippen MR) is 69.2 cm³/mol. The maximum atomic E-state index is 12.9. The predicted octanol–water partition coefficient (Wildman–Crippen LogP) is 2.51. The van der Waals surface area contributed by atoms with E-state index in [2.05, 4.69) is 5.32 Å². The minimum absolute atomic E-state index is 0.314. The van der Waals surface area contributed by atoms with Crippen LogP contribution in [0.1, 0.15) is 12.5 Å². The van der Waals surface area contributed by atoms with Crippen molar-refractivity contribution in [1.82, 2.24) is 5.32 Å². The quantitative estimate of drug-likeness (QED) is 0.506. The molecular weight excluding hydrogens is 233 g/mol. The molecule has 0 aliphatic heterocycles. The molecule has 18 heavy (non-hydrogen) atoms. The molecule has 0 bridgehead atoms. The summed E-state index contributed by atoms with van der Waals surface area (Å²) in [6, 6.07) is 5.95. The minimum Gasteiger partial charge on any atom is -0.466 e. The number of carbonyl (C=O) groups excluding carboxylic acids is 1. The number of ether oxygens (including phenoxy) is 1. The van der Waals surface area contributed by atoms with E-state index in [1.807, 2.05) is 0 Å². The molecule has 1 rings (SSSR count). The van der Waals surface area contributed by atoms with E-state index >= 15 is 0 Å². The highest BCUT2D eigenvalue weighted by atomic mass is 19.1. The zero-order valence-corrected chi connectivity index (χ0v) is 10.7. The van der Waals surface area contributed by atoms with Crippen molar-refractivity contribution in [1.29, 1.82) is 0 Å². The Labute approximate surface area is 106 Å². The third kappa shape index (κ3) is 3.45. The van der Waals surface area contributed by atoms with Crippen LogP contribution in [0, 0.1) is 5.82 Å². The fourth-order valence-corrected chi connectivity index (χ4v) is 1.50. The molecule has 3 nitrogen and oxygen atoms in total. The Balaban J connectivity index is 3.25. The van der Waals surface area contributed by atoms with E-state index in [-0.39, 0.29) is 5.82 Å². The normalized spacial score (nSPS) is 12.2. The van der Waals surface area contributed by atoms with Gasteiger partial charge < -0.3 is 10.1 Å². The van der Waals surface area contributed by atoms with Gasteiger partial charge in [-0.2, -0.15) is 0 Å². The lowest BCUT2D eigenvalue weighted by Crippen LogP contribution is -2.04. The Kier molecular flexibility index (Phi) is 5.11. The van der Waals surface area contributed by atoms with Crippen LogP contribution in [0.4, 0.5) is 4.39 Å². The van der Waals surface area contributed by atoms with Crippen LogP contribution in [0.2, 0.25) is 0 Å². The van der Waals surface area contributed by atoms with E-state index in [1.165, 1.54) is 19.2 Å². The van der Waals surface area contributed by atoms with Crippen molar-refractivity contribution < 1.29 is 13.9 Å². The summed E-state index contributed by atoms with van der Waals surface area (Å²) in [5, 5.41) is 2.85. The van der Waals surface area contributed by atoms with Gasteiger partial charge >= 0.3 is 5.97 Å². The Bertz CT molecular complexity index is 475. The summed E-state index contributed by atoms with van der Waals surface area (Å²) in [4.78, 5) is 11.5. The molecule has 0 aliphatic rings. The van der Waals surface area contributed by atoms with E-state index in [1.54, 1.807) is 38.4 Å². The molecule has 0 unspecified atom stereocenters. The molecule has 0 radical (unpaired) electrons. The lowest BCUT2D eigenvalue weighted by molar-refractivity contribution is -0.135. The maximum absolute atomic E-state index is 12.9. The lowest BCUT2D eigenvalue weighted by Gasteiger charge is -2.07. The van der Waals surface area contributed by atoms with Gasteiger partial charge in [-0.15, -0.1) is 0 Å². The molecule has 0 heterocycles. The van der Waals surface area contributed by atoms with Crippen molar-refractivity contribution in [2.24, 2.45) is 0 Å². The summed E-state index contributed by atoms with van der Waals surface area (Å²) in [6.07, 6.45) is 3.45. The number of carbonyl (C=O) groups is 1. The third-order valence-electron chi connectivity index (χ3n) is 2.47. The van der Waals surface area contributed by atoms with Gasteiger partial charge in [0.05, 0.1) is 7.11 Å². The highest BCUT2D eigenvalue weighted by Crippen LogP contribution is 2.21. The van der Waals surface area contributed by atoms with Crippen LogP contribution in [0.15, 0.2) is 42.1 Å². The SMILES string of the molecule is CN/C=C\C(=C(/C)C(=O)OC)c1ccc(F)cc1. The molecule has 96 valence electrons. The maximum Gasteiger partial charge on any atom is 0.334 e. The van der Waals surface area contributed by atoms with Crippen LogP contribution in [-0.2, 0) is 9.53 Å².